The first-order valence-electron chi connectivity index (χ1n) is 2.74. The lowest BCUT2D eigenvalue weighted by Crippen LogP contribution is -1.98. The number of nitrogens with two attached hydrogens (primary N) is 1. The van der Waals surface area contributed by atoms with E-state index in [0.29, 0.717) is 0 Å². The number of hydrogen-bond donors (Lipinski definition) is 2. The molecule has 1 rings (SSSR count). The van der Waals surface area contributed by atoms with Gasteiger partial charge in [-0.15, -0.1) is 0 Å². The average Bonchev–Trinajstić information content (AvgIpc) is 2.13. The van der Waals surface area contributed by atoms with E-state index in [4.69, 9.17) is 10.8 Å². The summed E-state index contributed by atoms with van der Waals surface area (Å²) in [7, 11) is 0. The Morgan fingerprint density at radius 1 is 1.80 bits per heavy atom. The van der Waals surface area contributed by atoms with Gasteiger partial charge in [0.25, 0.3) is 0 Å². The molecule has 0 spiro atoms. The quantitative estimate of drug-likeness (QED) is 0.472. The molecule has 0 amide bonds. The lowest BCUT2D eigenvalue weighted by atomic mass is 10.3. The van der Waals surface area contributed by atoms with Crippen molar-refractivity contribution in [3.63, 3.8) is 0 Å². The van der Waals surface area contributed by atoms with Gasteiger partial charge in [0.05, 0.1) is 18.4 Å². The summed E-state index contributed by atoms with van der Waals surface area (Å²) in [5, 5.41) is 8.38. The minimum atomic E-state index is -0.489. The third-order valence-corrected chi connectivity index (χ3v) is 1.05. The van der Waals surface area contributed by atoms with Gasteiger partial charge in [-0.05, 0) is 6.08 Å². The minimum Gasteiger partial charge on any atom is -0.421 e. The lowest BCUT2D eigenvalue weighted by molar-refractivity contribution is -0.132. The van der Waals surface area contributed by atoms with Crippen LogP contribution in [0, 0.1) is 0 Å². The summed E-state index contributed by atoms with van der Waals surface area (Å²) in [6.07, 6.45) is 2.50. The zero-order valence-corrected chi connectivity index (χ0v) is 5.20. The molecule has 0 atom stereocenters. The summed E-state index contributed by atoms with van der Waals surface area (Å²) in [6.45, 7) is -0.183. The average molecular weight is 141 g/mol. The van der Waals surface area contributed by atoms with E-state index in [1.807, 2.05) is 0 Å². The summed E-state index contributed by atoms with van der Waals surface area (Å²) < 4.78 is 4.56. The van der Waals surface area contributed by atoms with Crippen molar-refractivity contribution < 1.29 is 14.6 Å². The molecule has 4 nitrogen and oxygen atoms in total. The monoisotopic (exact) mass is 141 g/mol. The SMILES string of the molecule is NC1=CC(=O)O/C1=C/CO. The van der Waals surface area contributed by atoms with Gasteiger partial charge in [-0.25, -0.2) is 4.79 Å². The molecule has 10 heavy (non-hydrogen) atoms. The standard InChI is InChI=1S/C6H7NO3/c7-4-3-6(9)10-5(4)1-2-8/h1,3,8H,2,7H2/b5-1+. The molecule has 0 saturated carbocycles. The van der Waals surface area contributed by atoms with Crippen LogP contribution >= 0.6 is 0 Å². The molecule has 1 aliphatic rings. The molecule has 4 heteroatoms. The minimum absolute atomic E-state index is 0.183. The summed E-state index contributed by atoms with van der Waals surface area (Å²) in [5.41, 5.74) is 5.55. The van der Waals surface area contributed by atoms with Crippen LogP contribution in [0.15, 0.2) is 23.6 Å². The molecular formula is C6H7NO3. The van der Waals surface area contributed by atoms with Gasteiger partial charge < -0.3 is 15.6 Å². The van der Waals surface area contributed by atoms with Gasteiger partial charge in [-0.1, -0.05) is 0 Å². The maximum atomic E-state index is 10.4. The van der Waals surface area contributed by atoms with Gasteiger partial charge in [0.15, 0.2) is 5.76 Å². The first-order chi connectivity index (χ1) is 4.74. The Morgan fingerprint density at radius 2 is 2.50 bits per heavy atom. The Bertz CT molecular complexity index is 217. The smallest absolute Gasteiger partial charge is 0.338 e. The van der Waals surface area contributed by atoms with Crippen molar-refractivity contribution in [1.29, 1.82) is 0 Å². The number of esters is 1. The van der Waals surface area contributed by atoms with E-state index in [-0.39, 0.29) is 18.1 Å². The van der Waals surface area contributed by atoms with Gasteiger partial charge in [0.1, 0.15) is 0 Å². The molecule has 0 unspecified atom stereocenters. The highest BCUT2D eigenvalue weighted by Crippen LogP contribution is 2.13. The van der Waals surface area contributed by atoms with Crippen molar-refractivity contribution in [3.05, 3.63) is 23.6 Å². The highest BCUT2D eigenvalue weighted by molar-refractivity contribution is 5.87. The second-order valence-electron chi connectivity index (χ2n) is 1.77. The van der Waals surface area contributed by atoms with E-state index in [1.165, 1.54) is 12.2 Å². The van der Waals surface area contributed by atoms with Crippen molar-refractivity contribution in [2.24, 2.45) is 5.73 Å². The van der Waals surface area contributed by atoms with E-state index in [1.54, 1.807) is 0 Å². The molecule has 0 aliphatic carbocycles. The van der Waals surface area contributed by atoms with E-state index in [2.05, 4.69) is 4.74 Å². The predicted octanol–water partition coefficient (Wildman–Crippen LogP) is -0.738. The molecule has 1 heterocycles. The second-order valence-corrected chi connectivity index (χ2v) is 1.77. The van der Waals surface area contributed by atoms with Crippen LogP contribution in [0.5, 0.6) is 0 Å². The van der Waals surface area contributed by atoms with E-state index in [9.17, 15) is 4.79 Å². The van der Waals surface area contributed by atoms with Crippen LogP contribution in [-0.4, -0.2) is 17.7 Å². The summed E-state index contributed by atoms with van der Waals surface area (Å²) in [5.74, 6) is -0.246. The normalized spacial score (nSPS) is 21.1. The van der Waals surface area contributed by atoms with Crippen LogP contribution in [-0.2, 0) is 9.53 Å². The van der Waals surface area contributed by atoms with Crippen molar-refractivity contribution in [1.82, 2.24) is 0 Å². The Labute approximate surface area is 57.6 Å². The molecule has 1 aliphatic heterocycles. The lowest BCUT2D eigenvalue weighted by Gasteiger charge is -1.95. The number of hydrogen-bond acceptors (Lipinski definition) is 4. The maximum absolute atomic E-state index is 10.4. The van der Waals surface area contributed by atoms with Crippen molar-refractivity contribution >= 4 is 5.97 Å². The van der Waals surface area contributed by atoms with Crippen molar-refractivity contribution in [2.45, 2.75) is 0 Å². The molecule has 54 valence electrons. The van der Waals surface area contributed by atoms with Gasteiger partial charge in [0.2, 0.25) is 0 Å². The van der Waals surface area contributed by atoms with Gasteiger partial charge in [-0.2, -0.15) is 0 Å². The third-order valence-electron chi connectivity index (χ3n) is 1.05. The van der Waals surface area contributed by atoms with E-state index in [0.717, 1.165) is 0 Å². The third kappa shape index (κ3) is 1.16. The highest BCUT2D eigenvalue weighted by atomic mass is 16.5. The number of rotatable bonds is 1. The number of carbonyl (C=O) groups excluding carboxylic acids is 1. The molecule has 0 aromatic heterocycles. The van der Waals surface area contributed by atoms with E-state index >= 15 is 0 Å². The fourth-order valence-corrected chi connectivity index (χ4v) is 0.637. The molecule has 0 radical (unpaired) electrons. The van der Waals surface area contributed by atoms with E-state index < -0.39 is 5.97 Å². The maximum Gasteiger partial charge on any atom is 0.338 e. The Balaban J connectivity index is 2.77. The molecular weight excluding hydrogens is 134 g/mol. The topological polar surface area (TPSA) is 72.6 Å². The number of ether oxygens (including phenoxy) is 1. The molecule has 0 saturated heterocycles. The molecule has 3 N–H and O–H groups in total. The van der Waals surface area contributed by atoms with Gasteiger partial charge in [0, 0.05) is 0 Å². The van der Waals surface area contributed by atoms with Crippen LogP contribution < -0.4 is 5.73 Å². The molecule has 0 aromatic rings. The van der Waals surface area contributed by atoms with Crippen LogP contribution in [0.3, 0.4) is 0 Å². The van der Waals surface area contributed by atoms with Gasteiger partial charge in [-0.3, -0.25) is 0 Å². The Morgan fingerprint density at radius 3 is 2.90 bits per heavy atom. The van der Waals surface area contributed by atoms with Crippen LogP contribution in [0.25, 0.3) is 0 Å². The summed E-state index contributed by atoms with van der Waals surface area (Å²) in [6, 6.07) is 0. The molecule has 0 fully saturated rings. The Hall–Kier alpha value is -1.29. The highest BCUT2D eigenvalue weighted by Gasteiger charge is 2.15. The molecule has 0 bridgehead atoms. The first kappa shape index (κ1) is 6.82. The number of carbonyl (C=O) groups is 1. The zero-order chi connectivity index (χ0) is 7.56. The van der Waals surface area contributed by atoms with Gasteiger partial charge >= 0.3 is 5.97 Å². The number of aliphatic hydroxyl groups is 1. The second kappa shape index (κ2) is 2.53. The van der Waals surface area contributed by atoms with Crippen LogP contribution in [0.4, 0.5) is 0 Å². The summed E-state index contributed by atoms with van der Waals surface area (Å²) in [4.78, 5) is 10.4. The van der Waals surface area contributed by atoms with Crippen molar-refractivity contribution in [3.8, 4) is 0 Å². The molecule has 0 aromatic carbocycles. The van der Waals surface area contributed by atoms with Crippen LogP contribution in [0.1, 0.15) is 0 Å². The fourth-order valence-electron chi connectivity index (χ4n) is 0.637. The number of aliphatic hydroxyl groups excluding tert-OH is 1. The van der Waals surface area contributed by atoms with Crippen molar-refractivity contribution in [2.75, 3.05) is 6.61 Å². The predicted molar refractivity (Wildman–Crippen MR) is 33.5 cm³/mol. The van der Waals surface area contributed by atoms with Crippen LogP contribution in [0.2, 0.25) is 0 Å². The largest absolute Gasteiger partial charge is 0.421 e. The summed E-state index contributed by atoms with van der Waals surface area (Å²) >= 11 is 0. The zero-order valence-electron chi connectivity index (χ0n) is 5.20. The Kier molecular flexibility index (Phi) is 1.73. The fraction of sp³-hybridized carbons (Fsp3) is 0.167. The first-order valence-corrected chi connectivity index (χ1v) is 2.74. The number of cyclic esters (lactones) is 1.